The number of H-pyrrole nitrogens is 1. The molecule has 0 saturated heterocycles. The molecule has 0 unspecified atom stereocenters. The fourth-order valence-electron chi connectivity index (χ4n) is 1.66. The van der Waals surface area contributed by atoms with E-state index in [4.69, 9.17) is 0 Å². The molecule has 0 bridgehead atoms. The van der Waals surface area contributed by atoms with Crippen molar-refractivity contribution in [1.29, 1.82) is 0 Å². The molecule has 0 aliphatic rings. The van der Waals surface area contributed by atoms with Gasteiger partial charge in [0.15, 0.2) is 0 Å². The van der Waals surface area contributed by atoms with E-state index in [0.717, 1.165) is 0 Å². The molecule has 0 aliphatic carbocycles. The maximum atomic E-state index is 3.35. The average molecular weight is 194 g/mol. The van der Waals surface area contributed by atoms with Crippen molar-refractivity contribution in [1.82, 2.24) is 9.88 Å². The van der Waals surface area contributed by atoms with Gasteiger partial charge in [-0.3, -0.25) is 0 Å². The first-order chi connectivity index (χ1) is 6.72. The predicted octanol–water partition coefficient (Wildman–Crippen LogP) is 2.46. The maximum Gasteiger partial charge on any atom is 0.0150 e. The summed E-state index contributed by atoms with van der Waals surface area (Å²) in [6.07, 6.45) is 6.98. The van der Waals surface area contributed by atoms with Crippen LogP contribution in [0.15, 0.2) is 12.3 Å². The minimum Gasteiger partial charge on any atom is -0.365 e. The minimum absolute atomic E-state index is 1.17. The Labute approximate surface area is 87.3 Å². The molecule has 0 aliphatic heterocycles. The first-order valence-corrected chi connectivity index (χ1v) is 5.53. The third kappa shape index (κ3) is 3.97. The minimum atomic E-state index is 1.17. The van der Waals surface area contributed by atoms with E-state index in [0.29, 0.717) is 0 Å². The van der Waals surface area contributed by atoms with Gasteiger partial charge in [-0.25, -0.2) is 0 Å². The Morgan fingerprint density at radius 2 is 2.07 bits per heavy atom. The number of rotatable bonds is 6. The van der Waals surface area contributed by atoms with Crippen molar-refractivity contribution in [3.05, 3.63) is 23.5 Å². The van der Waals surface area contributed by atoms with Crippen molar-refractivity contribution in [3.63, 3.8) is 0 Å². The Balaban J connectivity index is 2.28. The van der Waals surface area contributed by atoms with E-state index in [2.05, 4.69) is 43.2 Å². The molecule has 1 aromatic heterocycles. The molecule has 1 aromatic rings. The van der Waals surface area contributed by atoms with Crippen LogP contribution >= 0.6 is 0 Å². The van der Waals surface area contributed by atoms with Crippen LogP contribution in [0.1, 0.15) is 31.0 Å². The molecule has 1 N–H and O–H groups in total. The van der Waals surface area contributed by atoms with Gasteiger partial charge in [0, 0.05) is 11.9 Å². The lowest BCUT2D eigenvalue weighted by atomic mass is 10.1. The van der Waals surface area contributed by atoms with Gasteiger partial charge in [0.05, 0.1) is 0 Å². The van der Waals surface area contributed by atoms with Crippen molar-refractivity contribution in [3.8, 4) is 0 Å². The molecular formula is C12H22N2. The van der Waals surface area contributed by atoms with Crippen molar-refractivity contribution in [2.24, 2.45) is 0 Å². The summed E-state index contributed by atoms with van der Waals surface area (Å²) in [4.78, 5) is 5.58. The maximum absolute atomic E-state index is 3.35. The molecule has 0 aromatic carbocycles. The fraction of sp³-hybridized carbons (Fsp3) is 0.667. The largest absolute Gasteiger partial charge is 0.365 e. The molecule has 2 nitrogen and oxygen atoms in total. The lowest BCUT2D eigenvalue weighted by Crippen LogP contribution is -2.13. The van der Waals surface area contributed by atoms with Crippen LogP contribution in [0, 0.1) is 0 Å². The Morgan fingerprint density at radius 3 is 2.71 bits per heavy atom. The van der Waals surface area contributed by atoms with E-state index in [1.807, 2.05) is 0 Å². The number of aromatic amines is 1. The van der Waals surface area contributed by atoms with E-state index in [-0.39, 0.29) is 0 Å². The second kappa shape index (κ2) is 5.86. The normalized spacial score (nSPS) is 11.1. The van der Waals surface area contributed by atoms with Crippen LogP contribution in [0.4, 0.5) is 0 Å². The zero-order chi connectivity index (χ0) is 10.4. The molecule has 14 heavy (non-hydrogen) atoms. The Morgan fingerprint density at radius 1 is 1.29 bits per heavy atom. The monoisotopic (exact) mass is 194 g/mol. The summed E-state index contributed by atoms with van der Waals surface area (Å²) in [7, 11) is 4.24. The number of nitrogens with one attached hydrogen (secondary N) is 1. The highest BCUT2D eigenvalue weighted by atomic mass is 15.0. The summed E-state index contributed by atoms with van der Waals surface area (Å²) >= 11 is 0. The first-order valence-electron chi connectivity index (χ1n) is 5.53. The molecule has 0 fully saturated rings. The Kier molecular flexibility index (Phi) is 4.74. The van der Waals surface area contributed by atoms with Gasteiger partial charge in [-0.15, -0.1) is 0 Å². The molecule has 0 radical (unpaired) electrons. The van der Waals surface area contributed by atoms with Crippen LogP contribution in [0.5, 0.6) is 0 Å². The van der Waals surface area contributed by atoms with Gasteiger partial charge in [0.1, 0.15) is 0 Å². The fourth-order valence-corrected chi connectivity index (χ4v) is 1.66. The zero-order valence-electron chi connectivity index (χ0n) is 9.64. The van der Waals surface area contributed by atoms with Gasteiger partial charge in [0.2, 0.25) is 0 Å². The highest BCUT2D eigenvalue weighted by molar-refractivity contribution is 5.16. The van der Waals surface area contributed by atoms with Gasteiger partial charge in [-0.2, -0.15) is 0 Å². The lowest BCUT2D eigenvalue weighted by molar-refractivity contribution is 0.399. The topological polar surface area (TPSA) is 19.0 Å². The molecule has 0 spiro atoms. The van der Waals surface area contributed by atoms with Gasteiger partial charge in [-0.1, -0.05) is 13.3 Å². The lowest BCUT2D eigenvalue weighted by Gasteiger charge is -2.07. The second-order valence-electron chi connectivity index (χ2n) is 4.19. The van der Waals surface area contributed by atoms with Crippen LogP contribution in [0.25, 0.3) is 0 Å². The molecule has 1 heterocycles. The summed E-state index contributed by atoms with van der Waals surface area (Å²) in [5.74, 6) is 0. The molecular weight excluding hydrogens is 172 g/mol. The third-order valence-electron chi connectivity index (χ3n) is 2.39. The summed E-state index contributed by atoms with van der Waals surface area (Å²) in [6.45, 7) is 3.39. The second-order valence-corrected chi connectivity index (χ2v) is 4.19. The van der Waals surface area contributed by atoms with E-state index in [1.165, 1.54) is 43.5 Å². The van der Waals surface area contributed by atoms with Crippen LogP contribution in [0.3, 0.4) is 0 Å². The van der Waals surface area contributed by atoms with Crippen molar-refractivity contribution in [2.75, 3.05) is 20.6 Å². The Hall–Kier alpha value is -0.760. The number of hydrogen-bond donors (Lipinski definition) is 1. The molecule has 80 valence electrons. The van der Waals surface area contributed by atoms with Crippen molar-refractivity contribution < 1.29 is 0 Å². The summed E-state index contributed by atoms with van der Waals surface area (Å²) in [5.41, 5.74) is 2.84. The van der Waals surface area contributed by atoms with Gasteiger partial charge >= 0.3 is 0 Å². The van der Waals surface area contributed by atoms with E-state index < -0.39 is 0 Å². The van der Waals surface area contributed by atoms with Crippen LogP contribution < -0.4 is 0 Å². The number of hydrogen-bond acceptors (Lipinski definition) is 1. The SMILES string of the molecule is CCCc1c[nH]c(CCCN(C)C)c1. The zero-order valence-corrected chi connectivity index (χ0v) is 9.64. The molecule has 1 rings (SSSR count). The first kappa shape index (κ1) is 11.3. The Bertz CT molecular complexity index is 251. The average Bonchev–Trinajstić information content (AvgIpc) is 2.53. The molecule has 0 amide bonds. The standard InChI is InChI=1S/C12H22N2/c1-4-6-11-9-12(13-10-11)7-5-8-14(2)3/h9-10,13H,4-8H2,1-3H3. The summed E-state index contributed by atoms with van der Waals surface area (Å²) < 4.78 is 0. The summed E-state index contributed by atoms with van der Waals surface area (Å²) in [5, 5.41) is 0. The smallest absolute Gasteiger partial charge is 0.0150 e. The van der Waals surface area contributed by atoms with Crippen molar-refractivity contribution >= 4 is 0 Å². The number of nitrogens with zero attached hydrogens (tertiary/aromatic N) is 1. The molecule has 0 saturated carbocycles. The quantitative estimate of drug-likeness (QED) is 0.737. The number of aromatic nitrogens is 1. The highest BCUT2D eigenvalue weighted by Crippen LogP contribution is 2.08. The molecule has 2 heteroatoms. The van der Waals surface area contributed by atoms with E-state index >= 15 is 0 Å². The summed E-state index contributed by atoms with van der Waals surface area (Å²) in [6, 6.07) is 2.30. The third-order valence-corrected chi connectivity index (χ3v) is 2.39. The van der Waals surface area contributed by atoms with Gasteiger partial charge in [-0.05, 0) is 51.5 Å². The van der Waals surface area contributed by atoms with Gasteiger partial charge < -0.3 is 9.88 Å². The molecule has 0 atom stereocenters. The predicted molar refractivity (Wildman–Crippen MR) is 61.7 cm³/mol. The van der Waals surface area contributed by atoms with Crippen LogP contribution in [0.2, 0.25) is 0 Å². The van der Waals surface area contributed by atoms with Gasteiger partial charge in [0.25, 0.3) is 0 Å². The van der Waals surface area contributed by atoms with Crippen LogP contribution in [-0.2, 0) is 12.8 Å². The highest BCUT2D eigenvalue weighted by Gasteiger charge is 1.98. The van der Waals surface area contributed by atoms with Crippen molar-refractivity contribution in [2.45, 2.75) is 32.6 Å². The number of aryl methyl sites for hydroxylation is 2. The van der Waals surface area contributed by atoms with Crippen LogP contribution in [-0.4, -0.2) is 30.5 Å². The van der Waals surface area contributed by atoms with E-state index in [1.54, 1.807) is 0 Å². The van der Waals surface area contributed by atoms with E-state index in [9.17, 15) is 0 Å².